The van der Waals surface area contributed by atoms with E-state index in [9.17, 15) is 24.1 Å². The fourth-order valence-electron chi connectivity index (χ4n) is 1.93. The van der Waals surface area contributed by atoms with Crippen LogP contribution in [0.1, 0.15) is 17.3 Å². The highest BCUT2D eigenvalue weighted by Gasteiger charge is 2.26. The number of nitrogens with one attached hydrogen (secondary N) is 1. The third kappa shape index (κ3) is 4.68. The Balaban J connectivity index is 2.11. The number of halogens is 3. The molecule has 1 amide bonds. The lowest BCUT2D eigenvalue weighted by Crippen LogP contribution is -2.30. The second kappa shape index (κ2) is 8.11. The first-order chi connectivity index (χ1) is 12.2. The first kappa shape index (κ1) is 19.6. The molecule has 0 saturated heterocycles. The van der Waals surface area contributed by atoms with Gasteiger partial charge in [-0.25, -0.2) is 9.18 Å². The molecule has 0 aliphatic rings. The lowest BCUT2D eigenvalue weighted by Gasteiger charge is -2.14. The molecule has 0 aromatic heterocycles. The van der Waals surface area contributed by atoms with E-state index in [-0.39, 0.29) is 21.3 Å². The maximum atomic E-state index is 13.7. The number of nitro groups is 1. The van der Waals surface area contributed by atoms with Crippen LogP contribution in [0.3, 0.4) is 0 Å². The van der Waals surface area contributed by atoms with E-state index in [1.54, 1.807) is 0 Å². The molecule has 1 atom stereocenters. The first-order valence-corrected chi connectivity index (χ1v) is 7.85. The van der Waals surface area contributed by atoms with Crippen LogP contribution in [0.15, 0.2) is 36.4 Å². The van der Waals surface area contributed by atoms with Crippen molar-refractivity contribution in [2.24, 2.45) is 0 Å². The van der Waals surface area contributed by atoms with Crippen LogP contribution in [0, 0.1) is 15.9 Å². The number of nitro benzene ring substituents is 1. The summed E-state index contributed by atoms with van der Waals surface area (Å²) in [6, 6.07) is 7.00. The minimum atomic E-state index is -1.34. The molecule has 0 aliphatic heterocycles. The predicted octanol–water partition coefficient (Wildman–Crippen LogP) is 4.22. The van der Waals surface area contributed by atoms with Crippen LogP contribution in [0.5, 0.6) is 0 Å². The molecule has 0 fully saturated rings. The summed E-state index contributed by atoms with van der Waals surface area (Å²) < 4.78 is 18.6. The van der Waals surface area contributed by atoms with Crippen LogP contribution in [0.25, 0.3) is 0 Å². The summed E-state index contributed by atoms with van der Waals surface area (Å²) in [5.41, 5.74) is -1.07. The highest BCUT2D eigenvalue weighted by molar-refractivity contribution is 6.31. The molecule has 2 aromatic carbocycles. The minimum Gasteiger partial charge on any atom is -0.449 e. The van der Waals surface area contributed by atoms with Crippen LogP contribution in [0.2, 0.25) is 10.0 Å². The summed E-state index contributed by atoms with van der Waals surface area (Å²) in [6.45, 7) is 1.24. The summed E-state index contributed by atoms with van der Waals surface area (Å²) in [7, 11) is 0. The van der Waals surface area contributed by atoms with E-state index in [1.165, 1.54) is 25.1 Å². The number of nitrogens with zero attached hydrogens (tertiary/aromatic N) is 1. The van der Waals surface area contributed by atoms with Crippen molar-refractivity contribution >= 4 is 46.5 Å². The Labute approximate surface area is 156 Å². The van der Waals surface area contributed by atoms with Crippen LogP contribution in [-0.4, -0.2) is 22.9 Å². The molecule has 0 radical (unpaired) electrons. The van der Waals surface area contributed by atoms with Crippen molar-refractivity contribution in [3.8, 4) is 0 Å². The Bertz CT molecular complexity index is 891. The zero-order valence-electron chi connectivity index (χ0n) is 13.2. The van der Waals surface area contributed by atoms with Gasteiger partial charge in [-0.1, -0.05) is 23.2 Å². The Hall–Kier alpha value is -2.71. The zero-order valence-corrected chi connectivity index (χ0v) is 14.7. The van der Waals surface area contributed by atoms with Gasteiger partial charge in [0.2, 0.25) is 0 Å². The van der Waals surface area contributed by atoms with Crippen molar-refractivity contribution in [1.29, 1.82) is 0 Å². The standard InChI is InChI=1S/C16H11Cl2FN2O5/c1-8(15(22)20-13-5-3-9(17)6-12(13)19)26-16(23)11-4-2-10(18)7-14(11)21(24)25/h2-8H,1H3,(H,20,22). The zero-order chi connectivity index (χ0) is 19.4. The van der Waals surface area contributed by atoms with E-state index in [0.717, 1.165) is 18.2 Å². The van der Waals surface area contributed by atoms with Gasteiger partial charge < -0.3 is 10.1 Å². The first-order valence-electron chi connectivity index (χ1n) is 7.10. The number of esters is 1. The van der Waals surface area contributed by atoms with Crippen LogP contribution in [-0.2, 0) is 9.53 Å². The number of benzene rings is 2. The summed E-state index contributed by atoms with van der Waals surface area (Å²) in [5.74, 6) is -2.68. The van der Waals surface area contributed by atoms with Crippen LogP contribution >= 0.6 is 23.2 Å². The molecule has 10 heteroatoms. The van der Waals surface area contributed by atoms with Gasteiger partial charge in [-0.2, -0.15) is 0 Å². The van der Waals surface area contributed by atoms with E-state index in [4.69, 9.17) is 27.9 Å². The van der Waals surface area contributed by atoms with E-state index in [1.807, 2.05) is 0 Å². The summed E-state index contributed by atoms with van der Waals surface area (Å²) >= 11 is 11.3. The van der Waals surface area contributed by atoms with E-state index >= 15 is 0 Å². The lowest BCUT2D eigenvalue weighted by atomic mass is 10.2. The van der Waals surface area contributed by atoms with Crippen molar-refractivity contribution in [3.63, 3.8) is 0 Å². The largest absolute Gasteiger partial charge is 0.449 e. The number of hydrogen-bond donors (Lipinski definition) is 1. The molecule has 0 saturated carbocycles. The molecule has 1 unspecified atom stereocenters. The number of carbonyl (C=O) groups excluding carboxylic acids is 2. The summed E-state index contributed by atoms with van der Waals surface area (Å²) in [4.78, 5) is 34.4. The average Bonchev–Trinajstić information content (AvgIpc) is 2.56. The molecule has 26 heavy (non-hydrogen) atoms. The molecule has 2 aromatic rings. The van der Waals surface area contributed by atoms with Gasteiger partial charge >= 0.3 is 5.97 Å². The van der Waals surface area contributed by atoms with Gasteiger partial charge in [-0.05, 0) is 37.3 Å². The normalized spacial score (nSPS) is 11.5. The maximum absolute atomic E-state index is 13.7. The lowest BCUT2D eigenvalue weighted by molar-refractivity contribution is -0.385. The molecule has 0 aliphatic carbocycles. The Morgan fingerprint density at radius 2 is 1.81 bits per heavy atom. The molecule has 7 nitrogen and oxygen atoms in total. The summed E-state index contributed by atoms with van der Waals surface area (Å²) in [6.07, 6.45) is -1.34. The van der Waals surface area contributed by atoms with Gasteiger partial charge in [0.1, 0.15) is 11.4 Å². The van der Waals surface area contributed by atoms with E-state index in [2.05, 4.69) is 5.32 Å². The average molecular weight is 401 g/mol. The highest BCUT2D eigenvalue weighted by Crippen LogP contribution is 2.24. The van der Waals surface area contributed by atoms with Crippen molar-refractivity contribution in [1.82, 2.24) is 0 Å². The third-order valence-corrected chi connectivity index (χ3v) is 3.69. The SMILES string of the molecule is CC(OC(=O)c1ccc(Cl)cc1[N+](=O)[O-])C(=O)Nc1ccc(Cl)cc1F. The van der Waals surface area contributed by atoms with Gasteiger partial charge in [0.05, 0.1) is 10.6 Å². The Morgan fingerprint density at radius 3 is 2.42 bits per heavy atom. The molecular formula is C16H11Cl2FN2O5. The molecule has 136 valence electrons. The summed E-state index contributed by atoms with van der Waals surface area (Å²) in [5, 5.41) is 13.5. The van der Waals surface area contributed by atoms with E-state index in [0.29, 0.717) is 0 Å². The second-order valence-corrected chi connectivity index (χ2v) is 5.95. The molecule has 0 heterocycles. The highest BCUT2D eigenvalue weighted by atomic mass is 35.5. The molecule has 2 rings (SSSR count). The quantitative estimate of drug-likeness (QED) is 0.460. The molecule has 0 spiro atoms. The number of amides is 1. The fourth-order valence-corrected chi connectivity index (χ4v) is 2.26. The van der Waals surface area contributed by atoms with Gasteiger partial charge in [-0.15, -0.1) is 0 Å². The van der Waals surface area contributed by atoms with Gasteiger partial charge in [0.15, 0.2) is 6.10 Å². The number of rotatable bonds is 5. The van der Waals surface area contributed by atoms with Crippen molar-refractivity contribution in [2.45, 2.75) is 13.0 Å². The fraction of sp³-hybridized carbons (Fsp3) is 0.125. The Kier molecular flexibility index (Phi) is 6.12. The Morgan fingerprint density at radius 1 is 1.19 bits per heavy atom. The number of ether oxygens (including phenoxy) is 1. The van der Waals surface area contributed by atoms with Crippen LogP contribution < -0.4 is 5.32 Å². The second-order valence-electron chi connectivity index (χ2n) is 5.08. The number of carbonyl (C=O) groups is 2. The maximum Gasteiger partial charge on any atom is 0.345 e. The minimum absolute atomic E-state index is 0.0669. The molecular weight excluding hydrogens is 390 g/mol. The van der Waals surface area contributed by atoms with Gasteiger partial charge in [0, 0.05) is 16.1 Å². The predicted molar refractivity (Wildman–Crippen MR) is 93.0 cm³/mol. The van der Waals surface area contributed by atoms with Crippen molar-refractivity contribution < 1.29 is 23.6 Å². The number of hydrogen-bond acceptors (Lipinski definition) is 5. The van der Waals surface area contributed by atoms with Gasteiger partial charge in [-0.3, -0.25) is 14.9 Å². The molecule has 1 N–H and O–H groups in total. The van der Waals surface area contributed by atoms with E-state index < -0.39 is 34.4 Å². The van der Waals surface area contributed by atoms with Crippen LogP contribution in [0.4, 0.5) is 15.8 Å². The van der Waals surface area contributed by atoms with Crippen molar-refractivity contribution in [3.05, 3.63) is 67.9 Å². The van der Waals surface area contributed by atoms with Gasteiger partial charge in [0.25, 0.3) is 11.6 Å². The monoisotopic (exact) mass is 400 g/mol. The van der Waals surface area contributed by atoms with Crippen molar-refractivity contribution in [2.75, 3.05) is 5.32 Å². The molecule has 0 bridgehead atoms. The third-order valence-electron chi connectivity index (χ3n) is 3.22. The topological polar surface area (TPSA) is 98.5 Å². The smallest absolute Gasteiger partial charge is 0.345 e. The number of anilines is 1.